The Labute approximate surface area is 193 Å². The van der Waals surface area contributed by atoms with Gasteiger partial charge < -0.3 is 19.8 Å². The molecule has 2 heterocycles. The minimum atomic E-state index is 0. The van der Waals surface area contributed by atoms with E-state index in [1.165, 1.54) is 32.1 Å². The van der Waals surface area contributed by atoms with Crippen LogP contribution in [0.2, 0.25) is 0 Å². The minimum Gasteiger partial charge on any atom is -0.465 e. The Bertz CT molecular complexity index is 624. The van der Waals surface area contributed by atoms with Gasteiger partial charge in [-0.25, -0.2) is 0 Å². The molecule has 0 aromatic carbocycles. The van der Waals surface area contributed by atoms with E-state index in [1.54, 1.807) is 7.11 Å². The molecule has 0 radical (unpaired) electrons. The predicted octanol–water partition coefficient (Wildman–Crippen LogP) is 4.10. The van der Waals surface area contributed by atoms with Gasteiger partial charge in [0.1, 0.15) is 11.5 Å². The van der Waals surface area contributed by atoms with Gasteiger partial charge in [0.05, 0.1) is 6.04 Å². The summed E-state index contributed by atoms with van der Waals surface area (Å²) < 4.78 is 11.3. The van der Waals surface area contributed by atoms with Gasteiger partial charge in [-0.05, 0) is 76.6 Å². The van der Waals surface area contributed by atoms with Crippen molar-refractivity contribution in [2.24, 2.45) is 10.4 Å². The van der Waals surface area contributed by atoms with Crippen molar-refractivity contribution < 1.29 is 9.15 Å². The van der Waals surface area contributed by atoms with E-state index in [0.717, 1.165) is 63.2 Å². The maximum atomic E-state index is 5.98. The normalized spacial score (nSPS) is 20.0. The average molecular weight is 518 g/mol. The zero-order valence-electron chi connectivity index (χ0n) is 18.3. The van der Waals surface area contributed by atoms with Crippen LogP contribution in [0.15, 0.2) is 21.5 Å². The number of halogens is 1. The van der Waals surface area contributed by atoms with Gasteiger partial charge in [-0.3, -0.25) is 9.89 Å². The first-order chi connectivity index (χ1) is 13.7. The summed E-state index contributed by atoms with van der Waals surface area (Å²) in [6.45, 7) is 9.79. The number of hydrogen-bond donors (Lipinski definition) is 2. The molecule has 7 heteroatoms. The van der Waals surface area contributed by atoms with Crippen LogP contribution in [0.25, 0.3) is 0 Å². The van der Waals surface area contributed by atoms with Crippen LogP contribution in [0, 0.1) is 12.3 Å². The van der Waals surface area contributed by atoms with Gasteiger partial charge >= 0.3 is 0 Å². The Balaban J connectivity index is 0.00000300. The highest BCUT2D eigenvalue weighted by Crippen LogP contribution is 2.44. The molecule has 6 nitrogen and oxygen atoms in total. The third-order valence-corrected chi connectivity index (χ3v) is 6.30. The van der Waals surface area contributed by atoms with E-state index in [4.69, 9.17) is 14.1 Å². The first-order valence-corrected chi connectivity index (χ1v) is 11.0. The molecule has 29 heavy (non-hydrogen) atoms. The first kappa shape index (κ1) is 24.5. The van der Waals surface area contributed by atoms with Crippen molar-refractivity contribution in [1.29, 1.82) is 0 Å². The maximum Gasteiger partial charge on any atom is 0.191 e. The molecule has 1 aliphatic heterocycles. The quantitative estimate of drug-likeness (QED) is 0.278. The van der Waals surface area contributed by atoms with Gasteiger partial charge in [0.2, 0.25) is 0 Å². The second-order valence-electron chi connectivity index (χ2n) is 8.38. The lowest BCUT2D eigenvalue weighted by atomic mass is 9.67. The van der Waals surface area contributed by atoms with Crippen LogP contribution in [-0.2, 0) is 4.74 Å². The molecule has 1 aromatic rings. The molecule has 3 rings (SSSR count). The number of aliphatic imine (C=N–C) groups is 1. The fourth-order valence-corrected chi connectivity index (χ4v) is 4.36. The Hall–Kier alpha value is -0.800. The average Bonchev–Trinajstić information content (AvgIpc) is 3.33. The number of likely N-dealkylation sites (tertiary alicyclic amines) is 1. The Morgan fingerprint density at radius 2 is 2.00 bits per heavy atom. The molecule has 0 bridgehead atoms. The molecule has 1 unspecified atom stereocenters. The summed E-state index contributed by atoms with van der Waals surface area (Å²) in [5.74, 6) is 2.95. The number of guanidine groups is 1. The third kappa shape index (κ3) is 6.85. The Morgan fingerprint density at radius 1 is 1.24 bits per heavy atom. The molecule has 166 valence electrons. The van der Waals surface area contributed by atoms with Crippen LogP contribution in [-0.4, -0.2) is 57.3 Å². The molecule has 2 fully saturated rings. The number of furan rings is 1. The highest BCUT2D eigenvalue weighted by molar-refractivity contribution is 14.0. The Morgan fingerprint density at radius 3 is 2.55 bits per heavy atom. The topological polar surface area (TPSA) is 62.0 Å². The lowest BCUT2D eigenvalue weighted by Crippen LogP contribution is -2.44. The van der Waals surface area contributed by atoms with E-state index >= 15 is 0 Å². The van der Waals surface area contributed by atoms with E-state index in [1.807, 2.05) is 6.92 Å². The number of methoxy groups -OCH3 is 1. The van der Waals surface area contributed by atoms with E-state index in [0.29, 0.717) is 5.41 Å². The molecule has 2 N–H and O–H groups in total. The van der Waals surface area contributed by atoms with Crippen LogP contribution in [0.5, 0.6) is 0 Å². The molecule has 1 saturated heterocycles. The molecule has 1 aliphatic carbocycles. The Kier molecular flexibility index (Phi) is 10.3. The van der Waals surface area contributed by atoms with Crippen molar-refractivity contribution >= 4 is 29.9 Å². The number of ether oxygens (including phenoxy) is 1. The summed E-state index contributed by atoms with van der Waals surface area (Å²) in [6, 6.07) is 4.44. The molecule has 1 atom stereocenters. The minimum absolute atomic E-state index is 0. The lowest BCUT2D eigenvalue weighted by molar-refractivity contribution is 0.0778. The summed E-state index contributed by atoms with van der Waals surface area (Å²) in [6.07, 6.45) is 7.49. The fourth-order valence-electron chi connectivity index (χ4n) is 4.36. The summed E-state index contributed by atoms with van der Waals surface area (Å²) >= 11 is 0. The number of hydrogen-bond acceptors (Lipinski definition) is 4. The zero-order valence-corrected chi connectivity index (χ0v) is 20.7. The highest BCUT2D eigenvalue weighted by atomic mass is 127. The van der Waals surface area contributed by atoms with Crippen LogP contribution in [0.4, 0.5) is 0 Å². The highest BCUT2D eigenvalue weighted by Gasteiger charge is 2.36. The van der Waals surface area contributed by atoms with Gasteiger partial charge in [0, 0.05) is 33.4 Å². The molecule has 2 aliphatic rings. The fraction of sp³-hybridized carbons (Fsp3) is 0.773. The maximum absolute atomic E-state index is 5.98. The standard InChI is InChI=1S/C22H38N4O2.HI/c1-4-23-21(25-17-22(10-7-11-22)12-15-27-3)24-16-19(26-13-5-6-14-26)20-9-8-18(2)28-20;/h8-9,19H,4-7,10-17H2,1-3H3,(H2,23,24,25);1H. The monoisotopic (exact) mass is 518 g/mol. The molecule has 1 aromatic heterocycles. The summed E-state index contributed by atoms with van der Waals surface area (Å²) in [7, 11) is 1.79. The number of aryl methyl sites for hydroxylation is 1. The van der Waals surface area contributed by atoms with Crippen LogP contribution >= 0.6 is 24.0 Å². The van der Waals surface area contributed by atoms with Crippen LogP contribution < -0.4 is 10.6 Å². The second-order valence-corrected chi connectivity index (χ2v) is 8.38. The van der Waals surface area contributed by atoms with E-state index in [2.05, 4.69) is 34.6 Å². The summed E-state index contributed by atoms with van der Waals surface area (Å²) in [5.41, 5.74) is 0.338. The summed E-state index contributed by atoms with van der Waals surface area (Å²) in [5, 5.41) is 7.01. The van der Waals surface area contributed by atoms with Gasteiger partial charge in [0.25, 0.3) is 0 Å². The third-order valence-electron chi connectivity index (χ3n) is 6.30. The first-order valence-electron chi connectivity index (χ1n) is 11.0. The van der Waals surface area contributed by atoms with Crippen molar-refractivity contribution in [3.63, 3.8) is 0 Å². The molecule has 1 saturated carbocycles. The SMILES string of the molecule is CCNC(=NCC1(CCOC)CCC1)NCC(c1ccc(C)o1)N1CCCC1.I. The molecule has 0 spiro atoms. The molecule has 0 amide bonds. The van der Waals surface area contributed by atoms with E-state index in [-0.39, 0.29) is 30.0 Å². The van der Waals surface area contributed by atoms with Crippen molar-refractivity contribution in [2.45, 2.75) is 58.4 Å². The van der Waals surface area contributed by atoms with E-state index in [9.17, 15) is 0 Å². The van der Waals surface area contributed by atoms with Crippen molar-refractivity contribution in [2.75, 3.05) is 46.4 Å². The smallest absolute Gasteiger partial charge is 0.191 e. The number of nitrogens with one attached hydrogen (secondary N) is 2. The van der Waals surface area contributed by atoms with Gasteiger partial charge in [-0.15, -0.1) is 24.0 Å². The number of rotatable bonds is 10. The zero-order chi connectivity index (χ0) is 19.8. The van der Waals surface area contributed by atoms with Crippen LogP contribution in [0.1, 0.15) is 63.0 Å². The predicted molar refractivity (Wildman–Crippen MR) is 129 cm³/mol. The van der Waals surface area contributed by atoms with E-state index < -0.39 is 0 Å². The van der Waals surface area contributed by atoms with Gasteiger partial charge in [0.15, 0.2) is 5.96 Å². The lowest BCUT2D eigenvalue weighted by Gasteiger charge is -2.40. The molecular weight excluding hydrogens is 479 g/mol. The van der Waals surface area contributed by atoms with Crippen LogP contribution in [0.3, 0.4) is 0 Å². The van der Waals surface area contributed by atoms with Gasteiger partial charge in [-0.2, -0.15) is 0 Å². The molecular formula is C22H39IN4O2. The summed E-state index contributed by atoms with van der Waals surface area (Å²) in [4.78, 5) is 7.48. The van der Waals surface area contributed by atoms with Crippen molar-refractivity contribution in [3.8, 4) is 0 Å². The second kappa shape index (κ2) is 12.2. The number of nitrogens with zero attached hydrogens (tertiary/aromatic N) is 2. The van der Waals surface area contributed by atoms with Crippen molar-refractivity contribution in [3.05, 3.63) is 23.7 Å². The van der Waals surface area contributed by atoms with Crippen molar-refractivity contribution in [1.82, 2.24) is 15.5 Å². The largest absolute Gasteiger partial charge is 0.465 e. The van der Waals surface area contributed by atoms with Gasteiger partial charge in [-0.1, -0.05) is 6.42 Å².